The predicted octanol–water partition coefficient (Wildman–Crippen LogP) is 3.53. The first-order valence-electron chi connectivity index (χ1n) is 9.58. The molecule has 2 aliphatic rings. The minimum Gasteiger partial charge on any atom is -0.371 e. The molecular weight excluding hydrogens is 356 g/mol. The van der Waals surface area contributed by atoms with E-state index in [-0.39, 0.29) is 11.8 Å². The average molecular weight is 383 g/mol. The van der Waals surface area contributed by atoms with Crippen LogP contribution in [0.1, 0.15) is 18.4 Å². The Hall–Kier alpha value is -2.11. The van der Waals surface area contributed by atoms with E-state index >= 15 is 0 Å². The quantitative estimate of drug-likeness (QED) is 0.879. The third-order valence-electron chi connectivity index (χ3n) is 5.46. The Bertz CT molecular complexity index is 927. The fourth-order valence-corrected chi connectivity index (χ4v) is 5.22. The Morgan fingerprint density at radius 3 is 2.37 bits per heavy atom. The number of hydrogen-bond acceptors (Lipinski definition) is 4. The molecule has 0 spiro atoms. The van der Waals surface area contributed by atoms with Gasteiger partial charge in [-0.2, -0.15) is 0 Å². The highest BCUT2D eigenvalue weighted by atomic mass is 32.2. The van der Waals surface area contributed by atoms with Crippen LogP contribution in [0, 0.1) is 6.92 Å². The summed E-state index contributed by atoms with van der Waals surface area (Å²) in [6.45, 7) is 4.10. The molecule has 1 atom stereocenters. The van der Waals surface area contributed by atoms with Gasteiger partial charge >= 0.3 is 0 Å². The third kappa shape index (κ3) is 4.42. The van der Waals surface area contributed by atoms with Gasteiger partial charge in [0, 0.05) is 36.3 Å². The average Bonchev–Trinajstić information content (AvgIpc) is 3.01. The maximum absolute atomic E-state index is 11.5. The van der Waals surface area contributed by atoms with Crippen molar-refractivity contribution in [3.05, 3.63) is 65.6 Å². The van der Waals surface area contributed by atoms with Crippen molar-refractivity contribution in [1.29, 1.82) is 0 Å². The highest BCUT2D eigenvalue weighted by Gasteiger charge is 2.26. The van der Waals surface area contributed by atoms with Crippen LogP contribution < -0.4 is 10.2 Å². The second-order valence-corrected chi connectivity index (χ2v) is 9.54. The first-order valence-corrected chi connectivity index (χ1v) is 11.3. The van der Waals surface area contributed by atoms with E-state index in [4.69, 9.17) is 0 Å². The summed E-state index contributed by atoms with van der Waals surface area (Å²) in [5.41, 5.74) is 5.03. The monoisotopic (exact) mass is 382 g/mol. The van der Waals surface area contributed by atoms with Gasteiger partial charge in [0.1, 0.15) is 0 Å². The van der Waals surface area contributed by atoms with Gasteiger partial charge in [-0.1, -0.05) is 48.0 Å². The molecule has 0 aromatic heterocycles. The van der Waals surface area contributed by atoms with Crippen LogP contribution in [0.5, 0.6) is 0 Å². The molecule has 0 aliphatic carbocycles. The zero-order valence-electron chi connectivity index (χ0n) is 15.6. The second kappa shape index (κ2) is 7.49. The largest absolute Gasteiger partial charge is 0.371 e. The van der Waals surface area contributed by atoms with Crippen molar-refractivity contribution >= 4 is 15.5 Å². The lowest BCUT2D eigenvalue weighted by molar-refractivity contribution is 0.401. The molecule has 2 aromatic rings. The molecule has 1 unspecified atom stereocenters. The number of anilines is 1. The van der Waals surface area contributed by atoms with E-state index < -0.39 is 9.84 Å². The number of hydrogen-bond donors (Lipinski definition) is 1. The van der Waals surface area contributed by atoms with E-state index in [9.17, 15) is 8.42 Å². The summed E-state index contributed by atoms with van der Waals surface area (Å²) in [4.78, 5) is 2.42. The molecule has 142 valence electrons. The zero-order valence-corrected chi connectivity index (χ0v) is 16.5. The molecule has 0 saturated carbocycles. The van der Waals surface area contributed by atoms with Crippen molar-refractivity contribution in [2.24, 2.45) is 0 Å². The van der Waals surface area contributed by atoms with Gasteiger partial charge in [-0.3, -0.25) is 0 Å². The summed E-state index contributed by atoms with van der Waals surface area (Å²) < 4.78 is 23.1. The molecular formula is C22H26N2O2S. The van der Waals surface area contributed by atoms with Gasteiger partial charge in [0.15, 0.2) is 9.84 Å². The Morgan fingerprint density at radius 1 is 1.00 bits per heavy atom. The molecule has 5 heteroatoms. The smallest absolute Gasteiger partial charge is 0.173 e. The van der Waals surface area contributed by atoms with E-state index in [1.807, 2.05) is 0 Å². The standard InChI is InChI=1S/C22H26N2O2S/c1-17-3-2-4-19(15-17)18-5-7-22(8-6-18)24-12-9-20(10-13-24)23-21-11-14-27(25,26)16-21/h2-8,11,14-15,20-21,23H,9-10,12-13,16H2,1H3. The molecule has 2 aromatic carbocycles. The van der Waals surface area contributed by atoms with E-state index in [0.717, 1.165) is 25.9 Å². The molecule has 0 amide bonds. The molecule has 0 radical (unpaired) electrons. The topological polar surface area (TPSA) is 49.4 Å². The fourth-order valence-electron chi connectivity index (χ4n) is 3.98. The predicted molar refractivity (Wildman–Crippen MR) is 112 cm³/mol. The van der Waals surface area contributed by atoms with Crippen LogP contribution >= 0.6 is 0 Å². The van der Waals surface area contributed by atoms with E-state index in [1.54, 1.807) is 6.08 Å². The van der Waals surface area contributed by atoms with Crippen molar-refractivity contribution < 1.29 is 8.42 Å². The third-order valence-corrected chi connectivity index (χ3v) is 6.85. The molecule has 1 N–H and O–H groups in total. The lowest BCUT2D eigenvalue weighted by Crippen LogP contribution is -2.46. The molecule has 1 fully saturated rings. The SMILES string of the molecule is Cc1cccc(-c2ccc(N3CCC(NC4C=CS(=O)(=O)C4)CC3)cc2)c1. The number of aryl methyl sites for hydroxylation is 1. The van der Waals surface area contributed by atoms with Crippen LogP contribution in [0.15, 0.2) is 60.0 Å². The number of rotatable bonds is 4. The fraction of sp³-hybridized carbons (Fsp3) is 0.364. The molecule has 0 bridgehead atoms. The van der Waals surface area contributed by atoms with Gasteiger partial charge in [-0.05, 0) is 43.0 Å². The molecule has 1 saturated heterocycles. The number of sulfone groups is 1. The normalized spacial score (nSPS) is 22.3. The lowest BCUT2D eigenvalue weighted by Gasteiger charge is -2.35. The van der Waals surface area contributed by atoms with Crippen LogP contribution in [0.3, 0.4) is 0 Å². The van der Waals surface area contributed by atoms with E-state index in [0.29, 0.717) is 6.04 Å². The Labute approximate surface area is 161 Å². The zero-order chi connectivity index (χ0) is 18.9. The molecule has 4 rings (SSSR count). The van der Waals surface area contributed by atoms with E-state index in [1.165, 1.54) is 27.8 Å². The van der Waals surface area contributed by atoms with Crippen molar-refractivity contribution in [2.45, 2.75) is 31.8 Å². The minimum absolute atomic E-state index is 0.0276. The highest BCUT2D eigenvalue weighted by Crippen LogP contribution is 2.26. The summed E-state index contributed by atoms with van der Waals surface area (Å²) in [5.74, 6) is 0.202. The molecule has 2 aliphatic heterocycles. The Balaban J connectivity index is 1.34. The van der Waals surface area contributed by atoms with Crippen molar-refractivity contribution in [1.82, 2.24) is 5.32 Å². The van der Waals surface area contributed by atoms with Crippen molar-refractivity contribution in [3.8, 4) is 11.1 Å². The van der Waals surface area contributed by atoms with Gasteiger partial charge in [0.2, 0.25) is 0 Å². The summed E-state index contributed by atoms with van der Waals surface area (Å²) in [6.07, 6.45) is 3.85. The van der Waals surface area contributed by atoms with Crippen LogP contribution in [0.4, 0.5) is 5.69 Å². The summed E-state index contributed by atoms with van der Waals surface area (Å²) in [6, 6.07) is 17.7. The van der Waals surface area contributed by atoms with Gasteiger partial charge in [-0.15, -0.1) is 0 Å². The van der Waals surface area contributed by atoms with Crippen LogP contribution in [0.2, 0.25) is 0 Å². The number of benzene rings is 2. The second-order valence-electron chi connectivity index (χ2n) is 7.61. The minimum atomic E-state index is -2.98. The highest BCUT2D eigenvalue weighted by molar-refractivity contribution is 7.94. The summed E-state index contributed by atoms with van der Waals surface area (Å²) in [5, 5.41) is 4.83. The Morgan fingerprint density at radius 2 is 1.74 bits per heavy atom. The number of piperidine rings is 1. The van der Waals surface area contributed by atoms with Gasteiger partial charge in [-0.25, -0.2) is 8.42 Å². The number of nitrogens with one attached hydrogen (secondary N) is 1. The maximum Gasteiger partial charge on any atom is 0.173 e. The molecule has 27 heavy (non-hydrogen) atoms. The first-order chi connectivity index (χ1) is 13.0. The van der Waals surface area contributed by atoms with Crippen LogP contribution in [0.25, 0.3) is 11.1 Å². The van der Waals surface area contributed by atoms with Gasteiger partial charge < -0.3 is 10.2 Å². The van der Waals surface area contributed by atoms with Crippen LogP contribution in [-0.2, 0) is 9.84 Å². The van der Waals surface area contributed by atoms with Gasteiger partial charge in [0.05, 0.1) is 5.75 Å². The summed E-state index contributed by atoms with van der Waals surface area (Å²) >= 11 is 0. The van der Waals surface area contributed by atoms with Crippen molar-refractivity contribution in [2.75, 3.05) is 23.7 Å². The van der Waals surface area contributed by atoms with Crippen molar-refractivity contribution in [3.63, 3.8) is 0 Å². The van der Waals surface area contributed by atoms with Gasteiger partial charge in [0.25, 0.3) is 0 Å². The van der Waals surface area contributed by atoms with E-state index in [2.05, 4.69) is 65.7 Å². The number of nitrogens with zero attached hydrogens (tertiary/aromatic N) is 1. The molecule has 4 nitrogen and oxygen atoms in total. The molecule has 2 heterocycles. The Kier molecular flexibility index (Phi) is 5.06. The lowest BCUT2D eigenvalue weighted by atomic mass is 10.0. The van der Waals surface area contributed by atoms with Crippen LogP contribution in [-0.4, -0.2) is 39.3 Å². The summed E-state index contributed by atoms with van der Waals surface area (Å²) in [7, 11) is -2.98. The maximum atomic E-state index is 11.5. The first kappa shape index (κ1) is 18.3.